The van der Waals surface area contributed by atoms with Crippen molar-refractivity contribution in [2.45, 2.75) is 6.92 Å². The summed E-state index contributed by atoms with van der Waals surface area (Å²) in [5.74, 6) is -0.872. The number of halogens is 1. The summed E-state index contributed by atoms with van der Waals surface area (Å²) in [7, 11) is 0. The number of hydrogen-bond acceptors (Lipinski definition) is 3. The molecule has 1 aliphatic heterocycles. The molecule has 2 amide bonds. The van der Waals surface area contributed by atoms with Crippen LogP contribution in [0.15, 0.2) is 40.4 Å². The molecule has 4 nitrogen and oxygen atoms in total. The Morgan fingerprint density at radius 1 is 1.39 bits per heavy atom. The van der Waals surface area contributed by atoms with Gasteiger partial charge in [-0.05, 0) is 37.3 Å². The Kier molecular flexibility index (Phi) is 3.58. The van der Waals surface area contributed by atoms with Crippen molar-refractivity contribution in [3.8, 4) is 0 Å². The minimum atomic E-state index is -0.459. The standard InChI is InChI=1S/C12H9BrN2O2S/c1-2-9-10(16)14-12(18)15(11(9)17)8-5-3-4-7(13)6-8/h2-6H,1H3,(H,14,16,18)/b9-2+. The van der Waals surface area contributed by atoms with Crippen LogP contribution in [0.2, 0.25) is 0 Å². The third-order valence-electron chi connectivity index (χ3n) is 2.46. The van der Waals surface area contributed by atoms with Gasteiger partial charge in [0.05, 0.1) is 5.69 Å². The first-order chi connectivity index (χ1) is 8.54. The monoisotopic (exact) mass is 324 g/mol. The van der Waals surface area contributed by atoms with Crippen LogP contribution in [0.1, 0.15) is 6.92 Å². The highest BCUT2D eigenvalue weighted by molar-refractivity contribution is 9.10. The summed E-state index contributed by atoms with van der Waals surface area (Å²) in [6.07, 6.45) is 1.48. The first-order valence-electron chi connectivity index (χ1n) is 5.16. The van der Waals surface area contributed by atoms with Gasteiger partial charge in [0.15, 0.2) is 5.11 Å². The fourth-order valence-electron chi connectivity index (χ4n) is 1.63. The molecular weight excluding hydrogens is 316 g/mol. The summed E-state index contributed by atoms with van der Waals surface area (Å²) in [5.41, 5.74) is 0.697. The van der Waals surface area contributed by atoms with Crippen molar-refractivity contribution >= 4 is 50.8 Å². The molecule has 1 aromatic rings. The highest BCUT2D eigenvalue weighted by Crippen LogP contribution is 2.23. The molecule has 0 bridgehead atoms. The van der Waals surface area contributed by atoms with Crippen LogP contribution in [0, 0.1) is 0 Å². The van der Waals surface area contributed by atoms with Gasteiger partial charge in [0.25, 0.3) is 11.8 Å². The second kappa shape index (κ2) is 4.99. The van der Waals surface area contributed by atoms with Gasteiger partial charge in [-0.2, -0.15) is 0 Å². The minimum Gasteiger partial charge on any atom is -0.298 e. The smallest absolute Gasteiger partial charge is 0.269 e. The van der Waals surface area contributed by atoms with Crippen LogP contribution in [0.5, 0.6) is 0 Å². The largest absolute Gasteiger partial charge is 0.298 e. The highest BCUT2D eigenvalue weighted by Gasteiger charge is 2.33. The van der Waals surface area contributed by atoms with Gasteiger partial charge in [0.1, 0.15) is 5.57 Å². The van der Waals surface area contributed by atoms with Gasteiger partial charge >= 0.3 is 0 Å². The Balaban J connectivity index is 2.47. The number of allylic oxidation sites excluding steroid dienone is 1. The summed E-state index contributed by atoms with van der Waals surface area (Å²) >= 11 is 8.37. The molecule has 0 spiro atoms. The number of amides is 2. The summed E-state index contributed by atoms with van der Waals surface area (Å²) in [4.78, 5) is 25.1. The predicted octanol–water partition coefficient (Wildman–Crippen LogP) is 2.14. The molecule has 1 fully saturated rings. The van der Waals surface area contributed by atoms with E-state index in [4.69, 9.17) is 12.2 Å². The minimum absolute atomic E-state index is 0.0866. The molecule has 6 heteroatoms. The van der Waals surface area contributed by atoms with E-state index in [1.807, 2.05) is 6.07 Å². The molecular formula is C12H9BrN2O2S. The lowest BCUT2D eigenvalue weighted by atomic mass is 10.1. The van der Waals surface area contributed by atoms with Crippen molar-refractivity contribution in [1.29, 1.82) is 0 Å². The highest BCUT2D eigenvalue weighted by atomic mass is 79.9. The Bertz CT molecular complexity index is 583. The fraction of sp³-hybridized carbons (Fsp3) is 0.0833. The molecule has 0 saturated carbocycles. The van der Waals surface area contributed by atoms with Crippen LogP contribution in [0.25, 0.3) is 0 Å². The van der Waals surface area contributed by atoms with E-state index >= 15 is 0 Å². The molecule has 1 N–H and O–H groups in total. The molecule has 1 saturated heterocycles. The molecule has 1 aliphatic rings. The Morgan fingerprint density at radius 2 is 2.11 bits per heavy atom. The lowest BCUT2D eigenvalue weighted by molar-refractivity contribution is -0.122. The van der Waals surface area contributed by atoms with E-state index in [1.54, 1.807) is 25.1 Å². The number of thiocarbonyl (C=S) groups is 1. The predicted molar refractivity (Wildman–Crippen MR) is 76.1 cm³/mol. The zero-order valence-electron chi connectivity index (χ0n) is 9.44. The Labute approximate surface area is 118 Å². The Hall–Kier alpha value is -1.53. The zero-order chi connectivity index (χ0) is 13.3. The topological polar surface area (TPSA) is 49.4 Å². The van der Waals surface area contributed by atoms with Crippen LogP contribution in [-0.4, -0.2) is 16.9 Å². The molecule has 1 heterocycles. The third-order valence-corrected chi connectivity index (χ3v) is 3.23. The molecule has 2 rings (SSSR count). The van der Waals surface area contributed by atoms with Crippen LogP contribution in [0.4, 0.5) is 5.69 Å². The maximum Gasteiger partial charge on any atom is 0.269 e. The molecule has 0 unspecified atom stereocenters. The summed E-state index contributed by atoms with van der Waals surface area (Å²) in [5, 5.41) is 2.58. The molecule has 92 valence electrons. The van der Waals surface area contributed by atoms with E-state index in [2.05, 4.69) is 21.2 Å². The van der Waals surface area contributed by atoms with Gasteiger partial charge in [-0.3, -0.25) is 19.8 Å². The van der Waals surface area contributed by atoms with E-state index in [0.717, 1.165) is 4.47 Å². The fourth-order valence-corrected chi connectivity index (χ4v) is 2.30. The molecule has 0 radical (unpaired) electrons. The van der Waals surface area contributed by atoms with E-state index in [9.17, 15) is 9.59 Å². The van der Waals surface area contributed by atoms with Gasteiger partial charge in [0, 0.05) is 4.47 Å². The number of carbonyl (C=O) groups is 2. The van der Waals surface area contributed by atoms with Gasteiger partial charge in [-0.1, -0.05) is 28.1 Å². The second-order valence-corrected chi connectivity index (χ2v) is 4.88. The average Bonchev–Trinajstić information content (AvgIpc) is 2.28. The first kappa shape index (κ1) is 12.9. The molecule has 1 aromatic carbocycles. The van der Waals surface area contributed by atoms with Crippen molar-refractivity contribution in [3.05, 3.63) is 40.4 Å². The summed E-state index contributed by atoms with van der Waals surface area (Å²) in [6.45, 7) is 1.64. The maximum atomic E-state index is 12.2. The van der Waals surface area contributed by atoms with Crippen molar-refractivity contribution in [1.82, 2.24) is 5.32 Å². The number of rotatable bonds is 1. The number of anilines is 1. The van der Waals surface area contributed by atoms with Crippen molar-refractivity contribution < 1.29 is 9.59 Å². The molecule has 0 aromatic heterocycles. The van der Waals surface area contributed by atoms with Crippen molar-refractivity contribution in [3.63, 3.8) is 0 Å². The SMILES string of the molecule is C/C=C1\C(=O)NC(=S)N(c2cccc(Br)c2)C1=O. The number of hydrogen-bond donors (Lipinski definition) is 1. The average molecular weight is 325 g/mol. The molecule has 18 heavy (non-hydrogen) atoms. The van der Waals surface area contributed by atoms with E-state index in [1.165, 1.54) is 11.0 Å². The molecule has 0 aliphatic carbocycles. The number of carbonyl (C=O) groups excluding carboxylic acids is 2. The van der Waals surface area contributed by atoms with E-state index in [0.29, 0.717) is 5.69 Å². The summed E-state index contributed by atoms with van der Waals surface area (Å²) in [6, 6.07) is 7.14. The lowest BCUT2D eigenvalue weighted by Crippen LogP contribution is -2.54. The van der Waals surface area contributed by atoms with E-state index < -0.39 is 11.8 Å². The van der Waals surface area contributed by atoms with Gasteiger partial charge in [-0.25, -0.2) is 0 Å². The number of nitrogens with one attached hydrogen (secondary N) is 1. The normalized spacial score (nSPS) is 18.2. The van der Waals surface area contributed by atoms with Gasteiger partial charge in [0.2, 0.25) is 0 Å². The van der Waals surface area contributed by atoms with Gasteiger partial charge in [-0.15, -0.1) is 0 Å². The Morgan fingerprint density at radius 3 is 2.72 bits per heavy atom. The van der Waals surface area contributed by atoms with Crippen LogP contribution >= 0.6 is 28.1 Å². The number of nitrogens with zero attached hydrogens (tertiary/aromatic N) is 1. The second-order valence-electron chi connectivity index (χ2n) is 3.58. The van der Waals surface area contributed by atoms with Crippen LogP contribution in [0.3, 0.4) is 0 Å². The molecule has 0 atom stereocenters. The van der Waals surface area contributed by atoms with Crippen molar-refractivity contribution in [2.75, 3.05) is 4.90 Å². The van der Waals surface area contributed by atoms with Crippen LogP contribution < -0.4 is 10.2 Å². The third kappa shape index (κ3) is 2.21. The maximum absolute atomic E-state index is 12.2. The first-order valence-corrected chi connectivity index (χ1v) is 6.36. The van der Waals surface area contributed by atoms with E-state index in [-0.39, 0.29) is 10.7 Å². The number of benzene rings is 1. The zero-order valence-corrected chi connectivity index (χ0v) is 11.8. The lowest BCUT2D eigenvalue weighted by Gasteiger charge is -2.28. The van der Waals surface area contributed by atoms with Crippen LogP contribution in [-0.2, 0) is 9.59 Å². The van der Waals surface area contributed by atoms with Gasteiger partial charge < -0.3 is 0 Å². The van der Waals surface area contributed by atoms with Crippen molar-refractivity contribution in [2.24, 2.45) is 0 Å². The quantitative estimate of drug-likeness (QED) is 0.489. The summed E-state index contributed by atoms with van der Waals surface area (Å²) < 4.78 is 0.828.